The molecule has 0 bridgehead atoms. The molecule has 0 unspecified atom stereocenters. The second-order valence-electron chi connectivity index (χ2n) is 12.2. The largest absolute Gasteiger partial charge is 0.487 e. The maximum Gasteiger partial charge on any atom is 0.408 e. The highest BCUT2D eigenvalue weighted by atomic mass is 19.2. The predicted molar refractivity (Wildman–Crippen MR) is 148 cm³/mol. The second kappa shape index (κ2) is 12.3. The number of fused-ring (bicyclic) bond motifs is 1. The maximum atomic E-state index is 14.2. The van der Waals surface area contributed by atoms with Gasteiger partial charge in [-0.3, -0.25) is 9.69 Å². The predicted octanol–water partition coefficient (Wildman–Crippen LogP) is 4.52. The molecule has 0 aliphatic carbocycles. The summed E-state index contributed by atoms with van der Waals surface area (Å²) >= 11 is 0. The van der Waals surface area contributed by atoms with Gasteiger partial charge in [-0.2, -0.15) is 0 Å². The van der Waals surface area contributed by atoms with E-state index in [4.69, 9.17) is 14.2 Å². The first-order valence-electron chi connectivity index (χ1n) is 14.3. The molecule has 3 aliphatic rings. The summed E-state index contributed by atoms with van der Waals surface area (Å²) < 4.78 is 44.9. The van der Waals surface area contributed by atoms with Gasteiger partial charge in [0.15, 0.2) is 11.6 Å². The molecule has 2 aromatic carbocycles. The number of hydrogen-bond donors (Lipinski definition) is 1. The van der Waals surface area contributed by atoms with Crippen molar-refractivity contribution in [1.29, 1.82) is 0 Å². The van der Waals surface area contributed by atoms with Crippen LogP contribution >= 0.6 is 0 Å². The van der Waals surface area contributed by atoms with E-state index in [1.54, 1.807) is 0 Å². The molecule has 2 aromatic rings. The Morgan fingerprint density at radius 3 is 2.46 bits per heavy atom. The Morgan fingerprint density at radius 2 is 1.78 bits per heavy atom. The van der Waals surface area contributed by atoms with E-state index in [0.29, 0.717) is 26.3 Å². The van der Waals surface area contributed by atoms with E-state index in [1.165, 1.54) is 6.07 Å². The molecule has 3 aliphatic heterocycles. The van der Waals surface area contributed by atoms with Crippen LogP contribution < -0.4 is 10.1 Å². The average molecular weight is 572 g/mol. The highest BCUT2D eigenvalue weighted by Crippen LogP contribution is 2.38. The van der Waals surface area contributed by atoms with Crippen LogP contribution in [0.3, 0.4) is 0 Å². The molecule has 5 rings (SSSR count). The van der Waals surface area contributed by atoms with Crippen LogP contribution in [0.25, 0.3) is 0 Å². The Balaban J connectivity index is 1.35. The first-order chi connectivity index (χ1) is 19.6. The lowest BCUT2D eigenvalue weighted by molar-refractivity contribution is -0.138. The Hall–Kier alpha value is -3.24. The van der Waals surface area contributed by atoms with Crippen molar-refractivity contribution in [1.82, 2.24) is 15.1 Å². The van der Waals surface area contributed by atoms with Crippen molar-refractivity contribution in [2.45, 2.75) is 76.9 Å². The summed E-state index contributed by atoms with van der Waals surface area (Å²) in [5.74, 6) is -1.92. The van der Waals surface area contributed by atoms with Crippen molar-refractivity contribution < 1.29 is 32.6 Å². The van der Waals surface area contributed by atoms with E-state index in [9.17, 15) is 18.4 Å². The van der Waals surface area contributed by atoms with E-state index >= 15 is 0 Å². The fraction of sp³-hybridized carbons (Fsp3) is 0.548. The molecule has 3 fully saturated rings. The SMILES string of the molecule is CC(C)(C)[C@H](NC(=O)OCc1ccccc1)C(=O)N1CC[C@@H]2[C@H]1[C@@H](Oc1ccc(F)c(F)c1)CN2C1CCOCC1. The standard InChI is InChI=1S/C31H39F2N3O5/c1-31(2,3)28(34-30(38)40-19-20-7-5-4-6-8-20)29(37)35-14-11-25-27(35)26(18-36(25)21-12-15-39-16-13-21)41-22-9-10-23(32)24(33)17-22/h4-10,17,21,25-28H,11-16,18-19H2,1-3H3,(H,34,38)/t25-,26+,27+,28-/m1/s1. The quantitative estimate of drug-likeness (QED) is 0.527. The lowest BCUT2D eigenvalue weighted by Crippen LogP contribution is -2.58. The highest BCUT2D eigenvalue weighted by molar-refractivity contribution is 5.87. The van der Waals surface area contributed by atoms with Gasteiger partial charge < -0.3 is 24.4 Å². The summed E-state index contributed by atoms with van der Waals surface area (Å²) in [6, 6.07) is 12.0. The minimum atomic E-state index is -0.983. The minimum absolute atomic E-state index is 0.0444. The molecule has 3 saturated heterocycles. The van der Waals surface area contributed by atoms with Gasteiger partial charge in [0.05, 0.1) is 6.04 Å². The molecule has 41 heavy (non-hydrogen) atoms. The van der Waals surface area contributed by atoms with Gasteiger partial charge >= 0.3 is 6.09 Å². The normalized spacial score (nSPS) is 24.1. The van der Waals surface area contributed by atoms with Crippen molar-refractivity contribution >= 4 is 12.0 Å². The van der Waals surface area contributed by atoms with Gasteiger partial charge in [-0.1, -0.05) is 51.1 Å². The Labute approximate surface area is 239 Å². The second-order valence-corrected chi connectivity index (χ2v) is 12.2. The van der Waals surface area contributed by atoms with Crippen molar-refractivity contribution in [3.05, 3.63) is 65.7 Å². The molecular weight excluding hydrogens is 532 g/mol. The fourth-order valence-corrected chi connectivity index (χ4v) is 6.28. The van der Waals surface area contributed by atoms with Gasteiger partial charge in [0.2, 0.25) is 5.91 Å². The Morgan fingerprint density at radius 1 is 1.05 bits per heavy atom. The van der Waals surface area contributed by atoms with E-state index in [-0.39, 0.29) is 36.4 Å². The number of carbonyl (C=O) groups is 2. The first-order valence-corrected chi connectivity index (χ1v) is 14.3. The first kappa shape index (κ1) is 29.3. The van der Waals surface area contributed by atoms with Gasteiger partial charge in [-0.05, 0) is 42.4 Å². The highest BCUT2D eigenvalue weighted by Gasteiger charge is 2.54. The van der Waals surface area contributed by atoms with E-state index in [2.05, 4.69) is 10.2 Å². The molecule has 4 atom stereocenters. The molecule has 8 nitrogen and oxygen atoms in total. The van der Waals surface area contributed by atoms with Gasteiger partial charge in [0.25, 0.3) is 0 Å². The van der Waals surface area contributed by atoms with Crippen molar-refractivity contribution in [3.63, 3.8) is 0 Å². The van der Waals surface area contributed by atoms with E-state index in [1.807, 2.05) is 56.0 Å². The van der Waals surface area contributed by atoms with Crippen molar-refractivity contribution in [2.24, 2.45) is 5.41 Å². The maximum absolute atomic E-state index is 14.2. The molecule has 0 aromatic heterocycles. The molecule has 0 saturated carbocycles. The summed E-state index contributed by atoms with van der Waals surface area (Å²) in [7, 11) is 0. The van der Waals surface area contributed by atoms with Gasteiger partial charge in [-0.25, -0.2) is 13.6 Å². The number of ether oxygens (including phenoxy) is 3. The van der Waals surface area contributed by atoms with Crippen LogP contribution in [0.4, 0.5) is 13.6 Å². The van der Waals surface area contributed by atoms with Gasteiger partial charge in [-0.15, -0.1) is 0 Å². The summed E-state index contributed by atoms with van der Waals surface area (Å²) in [4.78, 5) is 31.2. The Kier molecular flexibility index (Phi) is 8.79. The molecule has 1 N–H and O–H groups in total. The number of halogens is 2. The summed E-state index contributed by atoms with van der Waals surface area (Å²) in [5, 5.41) is 2.82. The molecule has 2 amide bonds. The Bertz CT molecular complexity index is 1220. The topological polar surface area (TPSA) is 80.3 Å². The zero-order chi connectivity index (χ0) is 29.1. The number of amides is 2. The number of alkyl carbamates (subject to hydrolysis) is 1. The van der Waals surface area contributed by atoms with Crippen LogP contribution in [0.5, 0.6) is 5.75 Å². The monoisotopic (exact) mass is 571 g/mol. The van der Waals surface area contributed by atoms with Gasteiger partial charge in [0.1, 0.15) is 24.5 Å². The third-order valence-electron chi connectivity index (χ3n) is 8.33. The lowest BCUT2D eigenvalue weighted by atomic mass is 9.85. The van der Waals surface area contributed by atoms with Crippen LogP contribution in [-0.2, 0) is 20.9 Å². The summed E-state index contributed by atoms with van der Waals surface area (Å²) in [6.07, 6.45) is 1.40. The van der Waals surface area contributed by atoms with E-state index in [0.717, 1.165) is 37.0 Å². The number of rotatable bonds is 7. The van der Waals surface area contributed by atoms with Crippen molar-refractivity contribution in [2.75, 3.05) is 26.3 Å². The average Bonchev–Trinajstić information content (AvgIpc) is 3.54. The zero-order valence-corrected chi connectivity index (χ0v) is 23.9. The van der Waals surface area contributed by atoms with Crippen LogP contribution in [-0.4, -0.2) is 78.4 Å². The third kappa shape index (κ3) is 6.64. The summed E-state index contributed by atoms with van der Waals surface area (Å²) in [5.41, 5.74) is 0.246. The summed E-state index contributed by atoms with van der Waals surface area (Å²) in [6.45, 7) is 8.20. The van der Waals surface area contributed by atoms with Crippen LogP contribution in [0.2, 0.25) is 0 Å². The number of benzene rings is 2. The number of likely N-dealkylation sites (tertiary alicyclic amines) is 2. The molecule has 10 heteroatoms. The lowest BCUT2D eigenvalue weighted by Gasteiger charge is -2.37. The van der Waals surface area contributed by atoms with Gasteiger partial charge in [0, 0.05) is 44.5 Å². The number of nitrogens with zero attached hydrogens (tertiary/aromatic N) is 2. The van der Waals surface area contributed by atoms with E-state index < -0.39 is 35.3 Å². The fourth-order valence-electron chi connectivity index (χ4n) is 6.28. The van der Waals surface area contributed by atoms with Crippen LogP contribution in [0.1, 0.15) is 45.6 Å². The molecule has 0 spiro atoms. The molecule has 3 heterocycles. The number of hydrogen-bond acceptors (Lipinski definition) is 6. The number of nitrogens with one attached hydrogen (secondary N) is 1. The smallest absolute Gasteiger partial charge is 0.408 e. The zero-order valence-electron chi connectivity index (χ0n) is 23.9. The molecular formula is C31H39F2N3O5. The molecule has 222 valence electrons. The van der Waals surface area contributed by atoms with Crippen molar-refractivity contribution in [3.8, 4) is 5.75 Å². The number of carbonyl (C=O) groups excluding carboxylic acids is 2. The third-order valence-corrected chi connectivity index (χ3v) is 8.33. The van der Waals surface area contributed by atoms with Crippen LogP contribution in [0, 0.1) is 17.0 Å². The minimum Gasteiger partial charge on any atom is -0.487 e. The molecule has 0 radical (unpaired) electrons. The van der Waals surface area contributed by atoms with Crippen LogP contribution in [0.15, 0.2) is 48.5 Å².